The predicted octanol–water partition coefficient (Wildman–Crippen LogP) is 3.24. The first-order chi connectivity index (χ1) is 14.7. The molecule has 30 heavy (non-hydrogen) atoms. The largest absolute Gasteiger partial charge is 0.376 e. The van der Waals surface area contributed by atoms with Crippen LogP contribution in [0.15, 0.2) is 65.7 Å². The van der Waals surface area contributed by atoms with Crippen LogP contribution in [0.3, 0.4) is 0 Å². The normalized spacial score (nSPS) is 16.7. The first kappa shape index (κ1) is 20.3. The maximum absolute atomic E-state index is 12.7. The van der Waals surface area contributed by atoms with Gasteiger partial charge in [0.05, 0.1) is 30.4 Å². The van der Waals surface area contributed by atoms with Gasteiger partial charge in [-0.25, -0.2) is 4.98 Å². The number of aromatic nitrogens is 2. The zero-order valence-corrected chi connectivity index (χ0v) is 17.1. The number of ether oxygens (including phenoxy) is 1. The van der Waals surface area contributed by atoms with Crippen LogP contribution >= 0.6 is 0 Å². The van der Waals surface area contributed by atoms with Gasteiger partial charge < -0.3 is 9.64 Å². The first-order valence-electron chi connectivity index (χ1n) is 10.5. The van der Waals surface area contributed by atoms with Crippen molar-refractivity contribution in [1.29, 1.82) is 0 Å². The van der Waals surface area contributed by atoms with Gasteiger partial charge in [-0.05, 0) is 36.5 Å². The highest BCUT2D eigenvalue weighted by atomic mass is 16.5. The Bertz CT molecular complexity index is 1050. The molecule has 1 aliphatic heterocycles. The summed E-state index contributed by atoms with van der Waals surface area (Å²) in [6, 6.07) is 17.4. The van der Waals surface area contributed by atoms with E-state index in [2.05, 4.69) is 17.1 Å². The second-order valence-electron chi connectivity index (χ2n) is 7.86. The van der Waals surface area contributed by atoms with Gasteiger partial charge >= 0.3 is 0 Å². The number of aryl methyl sites for hydroxylation is 1. The van der Waals surface area contributed by atoms with E-state index in [1.165, 1.54) is 10.9 Å². The molecule has 1 saturated heterocycles. The average Bonchev–Trinajstić information content (AvgIpc) is 2.79. The number of rotatable bonds is 7. The number of para-hydroxylation sites is 1. The van der Waals surface area contributed by atoms with Crippen molar-refractivity contribution in [2.45, 2.75) is 32.4 Å². The Morgan fingerprint density at radius 2 is 1.90 bits per heavy atom. The van der Waals surface area contributed by atoms with Gasteiger partial charge in [-0.2, -0.15) is 0 Å². The van der Waals surface area contributed by atoms with Crippen molar-refractivity contribution < 1.29 is 9.53 Å². The first-order valence-corrected chi connectivity index (χ1v) is 10.5. The number of carbonyl (C=O) groups excluding carboxylic acids is 1. The lowest BCUT2D eigenvalue weighted by Crippen LogP contribution is -2.41. The van der Waals surface area contributed by atoms with E-state index < -0.39 is 0 Å². The maximum Gasteiger partial charge on any atom is 0.261 e. The summed E-state index contributed by atoms with van der Waals surface area (Å²) >= 11 is 0. The molecule has 0 bridgehead atoms. The summed E-state index contributed by atoms with van der Waals surface area (Å²) in [5.41, 5.74) is 1.74. The molecule has 0 N–H and O–H groups in total. The molecule has 0 aliphatic carbocycles. The molecule has 1 fully saturated rings. The summed E-state index contributed by atoms with van der Waals surface area (Å²) in [4.78, 5) is 31.6. The van der Waals surface area contributed by atoms with Crippen LogP contribution in [0, 0.1) is 5.92 Å². The van der Waals surface area contributed by atoms with E-state index in [0.29, 0.717) is 43.0 Å². The fourth-order valence-electron chi connectivity index (χ4n) is 3.98. The molecule has 6 nitrogen and oxygen atoms in total. The molecule has 156 valence electrons. The molecule has 1 atom stereocenters. The van der Waals surface area contributed by atoms with E-state index in [-0.39, 0.29) is 11.5 Å². The average molecular weight is 405 g/mol. The molecule has 2 heterocycles. The highest BCUT2D eigenvalue weighted by Gasteiger charge is 2.23. The quantitative estimate of drug-likeness (QED) is 0.605. The number of hydrogen-bond donors (Lipinski definition) is 0. The molecule has 1 amide bonds. The predicted molar refractivity (Wildman–Crippen MR) is 116 cm³/mol. The Balaban J connectivity index is 1.28. The zero-order valence-electron chi connectivity index (χ0n) is 17.1. The molecular formula is C24H27N3O3. The van der Waals surface area contributed by atoms with Crippen LogP contribution in [-0.2, 0) is 22.7 Å². The minimum absolute atomic E-state index is 0.0859. The van der Waals surface area contributed by atoms with E-state index in [1.54, 1.807) is 6.07 Å². The lowest BCUT2D eigenvalue weighted by molar-refractivity contribution is -0.133. The Hall–Kier alpha value is -2.99. The lowest BCUT2D eigenvalue weighted by atomic mass is 9.98. The van der Waals surface area contributed by atoms with Crippen molar-refractivity contribution in [2.24, 2.45) is 5.92 Å². The monoisotopic (exact) mass is 405 g/mol. The molecule has 3 aromatic rings. The second kappa shape index (κ2) is 9.67. The third-order valence-electron chi connectivity index (χ3n) is 5.63. The van der Waals surface area contributed by atoms with Crippen LogP contribution < -0.4 is 5.56 Å². The number of carbonyl (C=O) groups is 1. The highest BCUT2D eigenvalue weighted by molar-refractivity contribution is 5.77. The fourth-order valence-corrected chi connectivity index (χ4v) is 3.98. The van der Waals surface area contributed by atoms with Crippen molar-refractivity contribution in [2.75, 3.05) is 19.7 Å². The van der Waals surface area contributed by atoms with Gasteiger partial charge in [-0.1, -0.05) is 42.5 Å². The van der Waals surface area contributed by atoms with Gasteiger partial charge in [0.1, 0.15) is 0 Å². The van der Waals surface area contributed by atoms with Gasteiger partial charge in [0, 0.05) is 26.1 Å². The van der Waals surface area contributed by atoms with E-state index in [0.717, 1.165) is 31.5 Å². The molecule has 1 unspecified atom stereocenters. The lowest BCUT2D eigenvalue weighted by Gasteiger charge is -2.32. The third kappa shape index (κ3) is 4.94. The number of amides is 1. The van der Waals surface area contributed by atoms with Gasteiger partial charge in [0.25, 0.3) is 5.56 Å². The van der Waals surface area contributed by atoms with Crippen LogP contribution in [0.4, 0.5) is 0 Å². The van der Waals surface area contributed by atoms with Crippen molar-refractivity contribution in [3.8, 4) is 0 Å². The van der Waals surface area contributed by atoms with Crippen LogP contribution in [0.5, 0.6) is 0 Å². The van der Waals surface area contributed by atoms with Crippen LogP contribution in [0.25, 0.3) is 10.9 Å². The van der Waals surface area contributed by atoms with Gasteiger partial charge in [0.15, 0.2) is 0 Å². The number of nitrogens with zero attached hydrogens (tertiary/aromatic N) is 3. The Kier molecular flexibility index (Phi) is 6.54. The molecule has 4 rings (SSSR count). The Morgan fingerprint density at radius 1 is 1.10 bits per heavy atom. The highest BCUT2D eigenvalue weighted by Crippen LogP contribution is 2.18. The Labute approximate surface area is 176 Å². The van der Waals surface area contributed by atoms with Crippen molar-refractivity contribution in [1.82, 2.24) is 14.5 Å². The van der Waals surface area contributed by atoms with Crippen LogP contribution in [0.2, 0.25) is 0 Å². The fraction of sp³-hybridized carbons (Fsp3) is 0.375. The van der Waals surface area contributed by atoms with E-state index in [4.69, 9.17) is 4.74 Å². The topological polar surface area (TPSA) is 64.4 Å². The number of fused-ring (bicyclic) bond motifs is 1. The van der Waals surface area contributed by atoms with Gasteiger partial charge in [-0.3, -0.25) is 14.2 Å². The maximum atomic E-state index is 12.7. The van der Waals surface area contributed by atoms with E-state index >= 15 is 0 Å². The van der Waals surface area contributed by atoms with Gasteiger partial charge in [-0.15, -0.1) is 0 Å². The molecule has 0 saturated carbocycles. The van der Waals surface area contributed by atoms with Crippen molar-refractivity contribution in [3.63, 3.8) is 0 Å². The number of benzene rings is 2. The molecule has 1 aromatic heterocycles. The molecule has 0 spiro atoms. The smallest absolute Gasteiger partial charge is 0.261 e. The van der Waals surface area contributed by atoms with Gasteiger partial charge in [0.2, 0.25) is 5.91 Å². The summed E-state index contributed by atoms with van der Waals surface area (Å²) in [5, 5.41) is 0.584. The van der Waals surface area contributed by atoms with Crippen molar-refractivity contribution >= 4 is 16.8 Å². The van der Waals surface area contributed by atoms with Crippen LogP contribution in [0.1, 0.15) is 24.8 Å². The molecule has 1 aliphatic rings. The SMILES string of the molecule is O=C(CCn1cnc2ccccc2c1=O)N1CCCC(COCc2ccccc2)C1. The Morgan fingerprint density at radius 3 is 2.77 bits per heavy atom. The second-order valence-corrected chi connectivity index (χ2v) is 7.86. The molecule has 6 heteroatoms. The minimum atomic E-state index is -0.0979. The van der Waals surface area contributed by atoms with Crippen molar-refractivity contribution in [3.05, 3.63) is 76.8 Å². The summed E-state index contributed by atoms with van der Waals surface area (Å²) in [6.45, 7) is 3.11. The van der Waals surface area contributed by atoms with E-state index in [9.17, 15) is 9.59 Å². The third-order valence-corrected chi connectivity index (χ3v) is 5.63. The summed E-state index contributed by atoms with van der Waals surface area (Å²) < 4.78 is 7.41. The molecular weight excluding hydrogens is 378 g/mol. The number of piperidine rings is 1. The minimum Gasteiger partial charge on any atom is -0.376 e. The van der Waals surface area contributed by atoms with E-state index in [1.807, 2.05) is 41.3 Å². The summed E-state index contributed by atoms with van der Waals surface area (Å²) in [6.07, 6.45) is 3.90. The van der Waals surface area contributed by atoms with Crippen LogP contribution in [-0.4, -0.2) is 40.1 Å². The zero-order chi connectivity index (χ0) is 20.8. The molecule has 2 aromatic carbocycles. The standard InChI is InChI=1S/C24H27N3O3/c28-23(12-14-27-18-25-22-11-5-4-10-21(22)24(27)29)26-13-6-9-20(15-26)17-30-16-19-7-2-1-3-8-19/h1-5,7-8,10-11,18,20H,6,9,12-17H2. The number of likely N-dealkylation sites (tertiary alicyclic amines) is 1. The molecule has 0 radical (unpaired) electrons. The number of hydrogen-bond acceptors (Lipinski definition) is 4. The summed E-state index contributed by atoms with van der Waals surface area (Å²) in [5.74, 6) is 0.444. The summed E-state index contributed by atoms with van der Waals surface area (Å²) in [7, 11) is 0.